The van der Waals surface area contributed by atoms with Crippen LogP contribution in [-0.2, 0) is 0 Å². The first-order valence-corrected chi connectivity index (χ1v) is 8.24. The minimum atomic E-state index is -0.138. The maximum absolute atomic E-state index is 11.9. The smallest absolute Gasteiger partial charge is 0.270 e. The lowest BCUT2D eigenvalue weighted by molar-refractivity contribution is 0.0950. The predicted octanol–water partition coefficient (Wildman–Crippen LogP) is 2.55. The van der Waals surface area contributed by atoms with Gasteiger partial charge in [-0.25, -0.2) is 4.98 Å². The van der Waals surface area contributed by atoms with Crippen molar-refractivity contribution in [2.75, 3.05) is 26.7 Å². The molecule has 0 radical (unpaired) electrons. The molecule has 0 aliphatic carbocycles. The lowest BCUT2D eigenvalue weighted by Gasteiger charge is -2.04. The molecule has 1 amide bonds. The van der Waals surface area contributed by atoms with Crippen LogP contribution < -0.4 is 15.4 Å². The largest absolute Gasteiger partial charge is 0.494 e. The number of hydrogen-bond acceptors (Lipinski definition) is 5. The van der Waals surface area contributed by atoms with Gasteiger partial charge in [-0.3, -0.25) is 4.79 Å². The second-order valence-electron chi connectivity index (χ2n) is 4.77. The summed E-state index contributed by atoms with van der Waals surface area (Å²) in [5.41, 5.74) is 1.45. The number of aromatic nitrogens is 1. The van der Waals surface area contributed by atoms with Gasteiger partial charge >= 0.3 is 0 Å². The number of likely N-dealkylation sites (N-methyl/N-ethyl adjacent to an activating group) is 1. The maximum atomic E-state index is 11.9. The molecule has 6 heteroatoms. The van der Waals surface area contributed by atoms with Crippen molar-refractivity contribution in [3.63, 3.8) is 0 Å². The van der Waals surface area contributed by atoms with E-state index in [4.69, 9.17) is 4.74 Å². The molecule has 0 bridgehead atoms. The van der Waals surface area contributed by atoms with Gasteiger partial charge in [0.2, 0.25) is 0 Å². The fraction of sp³-hybridized carbons (Fsp3) is 0.375. The quantitative estimate of drug-likeness (QED) is 0.734. The van der Waals surface area contributed by atoms with Crippen LogP contribution in [0.2, 0.25) is 0 Å². The highest BCUT2D eigenvalue weighted by Gasteiger charge is 2.11. The van der Waals surface area contributed by atoms with Crippen molar-refractivity contribution in [2.24, 2.45) is 0 Å². The SMILES string of the molecule is CCCOc1ccc(-c2nc(C(=O)NCCNC)cs2)cc1. The van der Waals surface area contributed by atoms with Crippen molar-refractivity contribution in [2.45, 2.75) is 13.3 Å². The molecule has 0 aliphatic heterocycles. The first-order valence-electron chi connectivity index (χ1n) is 7.36. The minimum Gasteiger partial charge on any atom is -0.494 e. The molecular weight excluding hydrogens is 298 g/mol. The van der Waals surface area contributed by atoms with Crippen molar-refractivity contribution in [3.05, 3.63) is 35.3 Å². The number of carbonyl (C=O) groups is 1. The Labute approximate surface area is 134 Å². The van der Waals surface area contributed by atoms with E-state index >= 15 is 0 Å². The van der Waals surface area contributed by atoms with Crippen LogP contribution in [0.4, 0.5) is 0 Å². The summed E-state index contributed by atoms with van der Waals surface area (Å²) in [4.78, 5) is 16.3. The molecule has 0 saturated carbocycles. The average Bonchev–Trinajstić information content (AvgIpc) is 3.03. The zero-order valence-corrected chi connectivity index (χ0v) is 13.7. The van der Waals surface area contributed by atoms with E-state index in [1.54, 1.807) is 5.38 Å². The van der Waals surface area contributed by atoms with Crippen molar-refractivity contribution in [1.82, 2.24) is 15.6 Å². The molecule has 0 fully saturated rings. The molecule has 1 aromatic heterocycles. The monoisotopic (exact) mass is 319 g/mol. The predicted molar refractivity (Wildman–Crippen MR) is 89.6 cm³/mol. The number of carbonyl (C=O) groups excluding carboxylic acids is 1. The highest BCUT2D eigenvalue weighted by atomic mass is 32.1. The number of amides is 1. The van der Waals surface area contributed by atoms with Gasteiger partial charge in [-0.15, -0.1) is 11.3 Å². The fourth-order valence-corrected chi connectivity index (χ4v) is 2.62. The second-order valence-corrected chi connectivity index (χ2v) is 5.63. The van der Waals surface area contributed by atoms with E-state index in [9.17, 15) is 4.79 Å². The number of hydrogen-bond donors (Lipinski definition) is 2. The summed E-state index contributed by atoms with van der Waals surface area (Å²) in [6.07, 6.45) is 0.986. The highest BCUT2D eigenvalue weighted by Crippen LogP contribution is 2.25. The van der Waals surface area contributed by atoms with E-state index in [2.05, 4.69) is 22.5 Å². The Balaban J connectivity index is 1.99. The number of nitrogens with one attached hydrogen (secondary N) is 2. The van der Waals surface area contributed by atoms with Gasteiger partial charge in [-0.05, 0) is 37.7 Å². The summed E-state index contributed by atoms with van der Waals surface area (Å²) in [6.45, 7) is 4.12. The number of nitrogens with zero attached hydrogens (tertiary/aromatic N) is 1. The van der Waals surface area contributed by atoms with Gasteiger partial charge in [0.15, 0.2) is 0 Å². The number of benzene rings is 1. The molecule has 2 rings (SSSR count). The van der Waals surface area contributed by atoms with Gasteiger partial charge < -0.3 is 15.4 Å². The molecule has 1 aromatic carbocycles. The van der Waals surface area contributed by atoms with Crippen LogP contribution >= 0.6 is 11.3 Å². The Morgan fingerprint density at radius 2 is 2.05 bits per heavy atom. The Bertz CT molecular complexity index is 596. The molecule has 1 heterocycles. The third kappa shape index (κ3) is 4.54. The van der Waals surface area contributed by atoms with E-state index < -0.39 is 0 Å². The molecule has 2 aromatic rings. The first-order chi connectivity index (χ1) is 10.7. The zero-order valence-electron chi connectivity index (χ0n) is 12.9. The summed E-state index contributed by atoms with van der Waals surface area (Å²) >= 11 is 1.47. The van der Waals surface area contributed by atoms with Crippen LogP contribution in [0.15, 0.2) is 29.6 Å². The van der Waals surface area contributed by atoms with E-state index in [0.717, 1.165) is 29.3 Å². The lowest BCUT2D eigenvalue weighted by Crippen LogP contribution is -2.30. The fourth-order valence-electron chi connectivity index (χ4n) is 1.82. The highest BCUT2D eigenvalue weighted by molar-refractivity contribution is 7.13. The second kappa shape index (κ2) is 8.51. The maximum Gasteiger partial charge on any atom is 0.270 e. The first kappa shape index (κ1) is 16.5. The van der Waals surface area contributed by atoms with Gasteiger partial charge in [0.1, 0.15) is 16.5 Å². The summed E-state index contributed by atoms with van der Waals surface area (Å²) in [7, 11) is 1.85. The third-order valence-electron chi connectivity index (χ3n) is 2.97. The standard InChI is InChI=1S/C16H21N3O2S/c1-3-10-21-13-6-4-12(5-7-13)16-19-14(11-22-16)15(20)18-9-8-17-2/h4-7,11,17H,3,8-10H2,1-2H3,(H,18,20). The molecule has 0 spiro atoms. The average molecular weight is 319 g/mol. The molecule has 5 nitrogen and oxygen atoms in total. The Kier molecular flexibility index (Phi) is 6.36. The summed E-state index contributed by atoms with van der Waals surface area (Å²) < 4.78 is 5.56. The molecule has 118 valence electrons. The molecule has 2 N–H and O–H groups in total. The number of thiazole rings is 1. The van der Waals surface area contributed by atoms with Crippen LogP contribution in [0.3, 0.4) is 0 Å². The molecule has 0 aliphatic rings. The lowest BCUT2D eigenvalue weighted by atomic mass is 10.2. The topological polar surface area (TPSA) is 63.2 Å². The molecular formula is C16H21N3O2S. The Morgan fingerprint density at radius 3 is 2.73 bits per heavy atom. The van der Waals surface area contributed by atoms with Gasteiger partial charge in [0.25, 0.3) is 5.91 Å². The summed E-state index contributed by atoms with van der Waals surface area (Å²) in [6, 6.07) is 7.79. The van der Waals surface area contributed by atoms with Gasteiger partial charge in [-0.2, -0.15) is 0 Å². The number of ether oxygens (including phenoxy) is 1. The number of rotatable bonds is 8. The van der Waals surface area contributed by atoms with E-state index in [1.165, 1.54) is 11.3 Å². The molecule has 0 saturated heterocycles. The minimum absolute atomic E-state index is 0.138. The van der Waals surface area contributed by atoms with Gasteiger partial charge in [0.05, 0.1) is 6.61 Å². The van der Waals surface area contributed by atoms with E-state index in [-0.39, 0.29) is 5.91 Å². The van der Waals surface area contributed by atoms with E-state index in [1.807, 2.05) is 31.3 Å². The van der Waals surface area contributed by atoms with Crippen LogP contribution in [0.25, 0.3) is 10.6 Å². The Morgan fingerprint density at radius 1 is 1.27 bits per heavy atom. The van der Waals surface area contributed by atoms with Gasteiger partial charge in [-0.1, -0.05) is 6.92 Å². The van der Waals surface area contributed by atoms with Crippen LogP contribution in [-0.4, -0.2) is 37.6 Å². The van der Waals surface area contributed by atoms with E-state index in [0.29, 0.717) is 18.8 Å². The van der Waals surface area contributed by atoms with Crippen molar-refractivity contribution in [1.29, 1.82) is 0 Å². The normalized spacial score (nSPS) is 10.5. The van der Waals surface area contributed by atoms with Crippen LogP contribution in [0.1, 0.15) is 23.8 Å². The molecule has 0 atom stereocenters. The van der Waals surface area contributed by atoms with Gasteiger partial charge in [0, 0.05) is 24.0 Å². The van der Waals surface area contributed by atoms with Crippen LogP contribution in [0, 0.1) is 0 Å². The van der Waals surface area contributed by atoms with Crippen molar-refractivity contribution < 1.29 is 9.53 Å². The Hall–Kier alpha value is -1.92. The summed E-state index contributed by atoms with van der Waals surface area (Å²) in [5.74, 6) is 0.716. The molecule has 0 unspecified atom stereocenters. The summed E-state index contributed by atoms with van der Waals surface area (Å²) in [5, 5.41) is 8.42. The van der Waals surface area contributed by atoms with Crippen molar-refractivity contribution in [3.8, 4) is 16.3 Å². The zero-order chi connectivity index (χ0) is 15.8. The van der Waals surface area contributed by atoms with Crippen molar-refractivity contribution >= 4 is 17.2 Å². The molecule has 22 heavy (non-hydrogen) atoms. The third-order valence-corrected chi connectivity index (χ3v) is 3.86. The van der Waals surface area contributed by atoms with Crippen LogP contribution in [0.5, 0.6) is 5.75 Å².